The number of ether oxygens (including phenoxy) is 1. The molecule has 0 aliphatic carbocycles. The summed E-state index contributed by atoms with van der Waals surface area (Å²) in [6.45, 7) is 4.00. The standard InChI is InChI=1S/C27H29N5O2/c1-18-12-13-21(16-24(18)34-3)23-17-28-22-14-15-25(31-26(22)30-23)32-27(33)29-19(2)8-7-11-20-9-5-4-6-10-20/h4-6,9-10,12-17,19H,7-8,11H2,1-3H3,(H2,29,30,31,32,33)/t19-/m1/s1. The topological polar surface area (TPSA) is 89.0 Å². The first kappa shape index (κ1) is 23.2. The summed E-state index contributed by atoms with van der Waals surface area (Å²) in [6.07, 6.45) is 4.60. The Kier molecular flexibility index (Phi) is 7.32. The Morgan fingerprint density at radius 1 is 1.06 bits per heavy atom. The molecule has 4 aromatic rings. The van der Waals surface area contributed by atoms with Gasteiger partial charge in [0.05, 0.1) is 19.0 Å². The van der Waals surface area contributed by atoms with Crippen LogP contribution in [0.25, 0.3) is 22.4 Å². The summed E-state index contributed by atoms with van der Waals surface area (Å²) in [5.74, 6) is 1.21. The molecule has 2 aromatic carbocycles. The van der Waals surface area contributed by atoms with E-state index in [1.807, 2.05) is 50.2 Å². The summed E-state index contributed by atoms with van der Waals surface area (Å²) in [5.41, 5.74) is 5.05. The van der Waals surface area contributed by atoms with Gasteiger partial charge in [0, 0.05) is 11.6 Å². The molecule has 0 aliphatic heterocycles. The highest BCUT2D eigenvalue weighted by atomic mass is 16.5. The lowest BCUT2D eigenvalue weighted by Gasteiger charge is -2.14. The van der Waals surface area contributed by atoms with Crippen molar-refractivity contribution in [2.45, 2.75) is 39.2 Å². The molecule has 7 heteroatoms. The number of carbonyl (C=O) groups excluding carboxylic acids is 1. The highest BCUT2D eigenvalue weighted by Gasteiger charge is 2.11. The molecule has 0 aliphatic rings. The summed E-state index contributed by atoms with van der Waals surface area (Å²) >= 11 is 0. The quantitative estimate of drug-likeness (QED) is 0.364. The molecule has 0 unspecified atom stereocenters. The number of benzene rings is 2. The van der Waals surface area contributed by atoms with Gasteiger partial charge >= 0.3 is 6.03 Å². The molecule has 1 atom stereocenters. The predicted octanol–water partition coefficient (Wildman–Crippen LogP) is 5.54. The summed E-state index contributed by atoms with van der Waals surface area (Å²) in [4.78, 5) is 26.1. The molecule has 0 saturated heterocycles. The fraction of sp³-hybridized carbons (Fsp3) is 0.259. The minimum Gasteiger partial charge on any atom is -0.496 e. The lowest BCUT2D eigenvalue weighted by molar-refractivity contribution is 0.248. The SMILES string of the molecule is COc1cc(-c2cnc3ccc(NC(=O)N[C@H](C)CCCc4ccccc4)nc3n2)ccc1C. The van der Waals surface area contributed by atoms with Gasteiger partial charge in [0.2, 0.25) is 0 Å². The molecule has 7 nitrogen and oxygen atoms in total. The number of urea groups is 1. The van der Waals surface area contributed by atoms with Crippen molar-refractivity contribution in [1.82, 2.24) is 20.3 Å². The summed E-state index contributed by atoms with van der Waals surface area (Å²) in [5, 5.41) is 5.79. The Morgan fingerprint density at radius 2 is 1.88 bits per heavy atom. The zero-order valence-electron chi connectivity index (χ0n) is 19.7. The lowest BCUT2D eigenvalue weighted by Crippen LogP contribution is -2.36. The first-order chi connectivity index (χ1) is 16.5. The molecule has 0 bridgehead atoms. The van der Waals surface area contributed by atoms with Gasteiger partial charge in [0.15, 0.2) is 5.65 Å². The number of hydrogen-bond donors (Lipinski definition) is 2. The third kappa shape index (κ3) is 5.86. The third-order valence-corrected chi connectivity index (χ3v) is 5.68. The fourth-order valence-electron chi connectivity index (χ4n) is 3.79. The van der Waals surface area contributed by atoms with Crippen molar-refractivity contribution >= 4 is 23.0 Å². The van der Waals surface area contributed by atoms with Gasteiger partial charge in [-0.2, -0.15) is 0 Å². The first-order valence-electron chi connectivity index (χ1n) is 11.4. The number of aromatic nitrogens is 3. The number of rotatable bonds is 8. The Bertz CT molecular complexity index is 1280. The van der Waals surface area contributed by atoms with Crippen LogP contribution in [-0.4, -0.2) is 34.1 Å². The van der Waals surface area contributed by atoms with Crippen LogP contribution in [0.2, 0.25) is 0 Å². The minimum atomic E-state index is -0.286. The van der Waals surface area contributed by atoms with Crippen molar-refractivity contribution in [2.75, 3.05) is 12.4 Å². The molecule has 2 N–H and O–H groups in total. The van der Waals surface area contributed by atoms with E-state index < -0.39 is 0 Å². The number of methoxy groups -OCH3 is 1. The van der Waals surface area contributed by atoms with Crippen molar-refractivity contribution in [2.24, 2.45) is 0 Å². The van der Waals surface area contributed by atoms with Gasteiger partial charge < -0.3 is 10.1 Å². The molecule has 2 amide bonds. The molecule has 0 saturated carbocycles. The number of carbonyl (C=O) groups is 1. The van der Waals surface area contributed by atoms with Crippen LogP contribution in [0.3, 0.4) is 0 Å². The van der Waals surface area contributed by atoms with E-state index in [2.05, 4.69) is 37.7 Å². The largest absolute Gasteiger partial charge is 0.496 e. The second-order valence-electron chi connectivity index (χ2n) is 8.36. The Labute approximate surface area is 199 Å². The van der Waals surface area contributed by atoms with E-state index in [1.165, 1.54) is 5.56 Å². The molecule has 2 aromatic heterocycles. The van der Waals surface area contributed by atoms with E-state index in [1.54, 1.807) is 25.4 Å². The number of amides is 2. The second kappa shape index (κ2) is 10.7. The number of hydrogen-bond acceptors (Lipinski definition) is 5. The normalized spacial score (nSPS) is 11.7. The van der Waals surface area contributed by atoms with Crippen molar-refractivity contribution in [3.63, 3.8) is 0 Å². The fourth-order valence-corrected chi connectivity index (χ4v) is 3.79. The Balaban J connectivity index is 1.38. The maximum Gasteiger partial charge on any atom is 0.320 e. The highest BCUT2D eigenvalue weighted by Crippen LogP contribution is 2.26. The van der Waals surface area contributed by atoms with E-state index in [-0.39, 0.29) is 12.1 Å². The number of nitrogens with one attached hydrogen (secondary N) is 2. The molecular weight excluding hydrogens is 426 g/mol. The van der Waals surface area contributed by atoms with Crippen LogP contribution in [-0.2, 0) is 6.42 Å². The van der Waals surface area contributed by atoms with Gasteiger partial charge in [-0.15, -0.1) is 0 Å². The maximum atomic E-state index is 12.5. The Hall–Kier alpha value is -4.00. The number of pyridine rings is 1. The summed E-state index contributed by atoms with van der Waals surface area (Å²) in [7, 11) is 1.65. The van der Waals surface area contributed by atoms with E-state index in [9.17, 15) is 4.79 Å². The van der Waals surface area contributed by atoms with Crippen molar-refractivity contribution < 1.29 is 9.53 Å². The lowest BCUT2D eigenvalue weighted by atomic mass is 10.1. The smallest absolute Gasteiger partial charge is 0.320 e. The predicted molar refractivity (Wildman–Crippen MR) is 135 cm³/mol. The van der Waals surface area contributed by atoms with Gasteiger partial charge in [-0.25, -0.2) is 14.8 Å². The van der Waals surface area contributed by atoms with E-state index in [4.69, 9.17) is 4.74 Å². The van der Waals surface area contributed by atoms with Gasteiger partial charge in [0.1, 0.15) is 17.1 Å². The van der Waals surface area contributed by atoms with Crippen LogP contribution in [0.15, 0.2) is 66.9 Å². The number of nitrogens with zero attached hydrogens (tertiary/aromatic N) is 3. The van der Waals surface area contributed by atoms with Gasteiger partial charge in [0.25, 0.3) is 0 Å². The molecule has 2 heterocycles. The van der Waals surface area contributed by atoms with E-state index >= 15 is 0 Å². The van der Waals surface area contributed by atoms with Crippen molar-refractivity contribution in [3.05, 3.63) is 78.0 Å². The zero-order chi connectivity index (χ0) is 23.9. The first-order valence-corrected chi connectivity index (χ1v) is 11.4. The minimum absolute atomic E-state index is 0.0482. The average Bonchev–Trinajstić information content (AvgIpc) is 2.84. The number of fused-ring (bicyclic) bond motifs is 1. The van der Waals surface area contributed by atoms with E-state index in [0.717, 1.165) is 36.1 Å². The van der Waals surface area contributed by atoms with Crippen LogP contribution in [0.5, 0.6) is 5.75 Å². The monoisotopic (exact) mass is 455 g/mol. The second-order valence-corrected chi connectivity index (χ2v) is 8.36. The van der Waals surface area contributed by atoms with Crippen molar-refractivity contribution in [1.29, 1.82) is 0 Å². The van der Waals surface area contributed by atoms with Gasteiger partial charge in [-0.05, 0) is 62.4 Å². The van der Waals surface area contributed by atoms with E-state index in [0.29, 0.717) is 22.7 Å². The van der Waals surface area contributed by atoms with Gasteiger partial charge in [-0.3, -0.25) is 10.3 Å². The molecule has 0 spiro atoms. The summed E-state index contributed by atoms with van der Waals surface area (Å²) < 4.78 is 5.42. The number of anilines is 1. The van der Waals surface area contributed by atoms with Crippen LogP contribution < -0.4 is 15.4 Å². The van der Waals surface area contributed by atoms with Crippen LogP contribution in [0.4, 0.5) is 10.6 Å². The van der Waals surface area contributed by atoms with Gasteiger partial charge in [-0.1, -0.05) is 42.5 Å². The Morgan fingerprint density at radius 3 is 2.68 bits per heavy atom. The van der Waals surface area contributed by atoms with Crippen LogP contribution in [0.1, 0.15) is 30.9 Å². The van der Waals surface area contributed by atoms with Crippen molar-refractivity contribution in [3.8, 4) is 17.0 Å². The third-order valence-electron chi connectivity index (χ3n) is 5.68. The highest BCUT2D eigenvalue weighted by molar-refractivity contribution is 5.89. The molecule has 4 rings (SSSR count). The van der Waals surface area contributed by atoms with Crippen LogP contribution >= 0.6 is 0 Å². The number of aryl methyl sites for hydroxylation is 2. The molecular formula is C27H29N5O2. The maximum absolute atomic E-state index is 12.5. The molecule has 0 radical (unpaired) electrons. The summed E-state index contributed by atoms with van der Waals surface area (Å²) in [6, 6.07) is 19.5. The molecule has 34 heavy (non-hydrogen) atoms. The average molecular weight is 456 g/mol. The van der Waals surface area contributed by atoms with Crippen LogP contribution in [0, 0.1) is 6.92 Å². The molecule has 0 fully saturated rings. The molecule has 174 valence electrons. The zero-order valence-corrected chi connectivity index (χ0v) is 19.7.